The van der Waals surface area contributed by atoms with Crippen LogP contribution in [0.2, 0.25) is 0 Å². The highest BCUT2D eigenvalue weighted by Crippen LogP contribution is 2.21. The molecule has 0 aliphatic heterocycles. The van der Waals surface area contributed by atoms with Crippen LogP contribution in [0.15, 0.2) is 54.7 Å². The number of nitrogens with two attached hydrogens (primary N) is 1. The maximum absolute atomic E-state index is 11.6. The lowest BCUT2D eigenvalue weighted by Crippen LogP contribution is -2.06. The molecule has 1 heterocycles. The summed E-state index contributed by atoms with van der Waals surface area (Å²) in [5, 5.41) is 8.10. The Morgan fingerprint density at radius 1 is 1.22 bits per heavy atom. The van der Waals surface area contributed by atoms with Gasteiger partial charge in [0.1, 0.15) is 0 Å². The zero-order valence-corrected chi connectivity index (χ0v) is 12.6. The molecule has 2 N–H and O–H groups in total. The minimum Gasteiger partial charge on any atom is -0.465 e. The molecule has 1 aromatic heterocycles. The Morgan fingerprint density at radius 2 is 2.04 bits per heavy atom. The van der Waals surface area contributed by atoms with Crippen LogP contribution in [0.5, 0.6) is 0 Å². The Balaban J connectivity index is 1.90. The normalized spacial score (nSPS) is 10.5. The quantitative estimate of drug-likeness (QED) is 0.591. The van der Waals surface area contributed by atoms with Crippen molar-refractivity contribution in [2.45, 2.75) is 6.54 Å². The van der Waals surface area contributed by atoms with Gasteiger partial charge in [-0.05, 0) is 29.8 Å². The third kappa shape index (κ3) is 3.21. The number of carbonyl (C=O) groups is 1. The van der Waals surface area contributed by atoms with Crippen molar-refractivity contribution >= 4 is 11.7 Å². The van der Waals surface area contributed by atoms with Crippen LogP contribution < -0.4 is 5.73 Å². The minimum atomic E-state index is -0.360. The number of hydrogen-bond acceptors (Lipinski definition) is 5. The molecule has 6 nitrogen and oxygen atoms in total. The van der Waals surface area contributed by atoms with Crippen molar-refractivity contribution in [1.82, 2.24) is 15.0 Å². The highest BCUT2D eigenvalue weighted by molar-refractivity contribution is 5.89. The summed E-state index contributed by atoms with van der Waals surface area (Å²) in [4.78, 5) is 11.6. The van der Waals surface area contributed by atoms with E-state index in [1.54, 1.807) is 23.0 Å². The molecule has 0 saturated carbocycles. The second kappa shape index (κ2) is 6.31. The van der Waals surface area contributed by atoms with Crippen LogP contribution in [0.25, 0.3) is 11.3 Å². The zero-order chi connectivity index (χ0) is 16.2. The lowest BCUT2D eigenvalue weighted by atomic mass is 10.1. The van der Waals surface area contributed by atoms with E-state index in [-0.39, 0.29) is 5.97 Å². The SMILES string of the molecule is COC(=O)c1cccc(Cn2nncc2-c2cccc(N)c2)c1. The number of nitrogens with zero attached hydrogens (tertiary/aromatic N) is 3. The summed E-state index contributed by atoms with van der Waals surface area (Å²) in [5.41, 5.74) is 9.77. The van der Waals surface area contributed by atoms with Crippen LogP contribution in [0.1, 0.15) is 15.9 Å². The third-order valence-corrected chi connectivity index (χ3v) is 3.48. The number of esters is 1. The highest BCUT2D eigenvalue weighted by atomic mass is 16.5. The van der Waals surface area contributed by atoms with E-state index in [0.717, 1.165) is 16.8 Å². The number of aromatic nitrogens is 3. The fraction of sp³-hybridized carbons (Fsp3) is 0.118. The summed E-state index contributed by atoms with van der Waals surface area (Å²) in [5.74, 6) is -0.360. The van der Waals surface area contributed by atoms with Crippen LogP contribution in [-0.4, -0.2) is 28.1 Å². The Morgan fingerprint density at radius 3 is 2.83 bits per heavy atom. The smallest absolute Gasteiger partial charge is 0.337 e. The Kier molecular flexibility index (Phi) is 4.05. The minimum absolute atomic E-state index is 0.360. The summed E-state index contributed by atoms with van der Waals surface area (Å²) < 4.78 is 6.51. The van der Waals surface area contributed by atoms with Gasteiger partial charge < -0.3 is 10.5 Å². The average molecular weight is 308 g/mol. The van der Waals surface area contributed by atoms with Gasteiger partial charge >= 0.3 is 5.97 Å². The van der Waals surface area contributed by atoms with Gasteiger partial charge in [0.2, 0.25) is 0 Å². The second-order valence-corrected chi connectivity index (χ2v) is 5.09. The van der Waals surface area contributed by atoms with Gasteiger partial charge in [0.05, 0.1) is 31.1 Å². The van der Waals surface area contributed by atoms with Gasteiger partial charge in [-0.25, -0.2) is 9.48 Å². The van der Waals surface area contributed by atoms with Crippen LogP contribution in [-0.2, 0) is 11.3 Å². The fourth-order valence-electron chi connectivity index (χ4n) is 2.38. The molecular formula is C17H16N4O2. The van der Waals surface area contributed by atoms with Crippen LogP contribution in [0, 0.1) is 0 Å². The number of methoxy groups -OCH3 is 1. The number of hydrogen-bond donors (Lipinski definition) is 1. The molecule has 3 rings (SSSR count). The first kappa shape index (κ1) is 14.8. The van der Waals surface area contributed by atoms with E-state index in [1.807, 2.05) is 36.4 Å². The Hall–Kier alpha value is -3.15. The van der Waals surface area contributed by atoms with E-state index in [0.29, 0.717) is 17.8 Å². The summed E-state index contributed by atoms with van der Waals surface area (Å²) in [6, 6.07) is 14.8. The maximum atomic E-state index is 11.6. The first-order valence-corrected chi connectivity index (χ1v) is 7.09. The molecule has 0 radical (unpaired) electrons. The van der Waals surface area contributed by atoms with Crippen molar-refractivity contribution in [3.63, 3.8) is 0 Å². The molecule has 0 atom stereocenters. The highest BCUT2D eigenvalue weighted by Gasteiger charge is 2.10. The molecule has 6 heteroatoms. The number of rotatable bonds is 4. The maximum Gasteiger partial charge on any atom is 0.337 e. The lowest BCUT2D eigenvalue weighted by Gasteiger charge is -2.08. The molecular weight excluding hydrogens is 292 g/mol. The number of ether oxygens (including phenoxy) is 1. The average Bonchev–Trinajstić information content (AvgIpc) is 3.02. The first-order valence-electron chi connectivity index (χ1n) is 7.09. The monoisotopic (exact) mass is 308 g/mol. The topological polar surface area (TPSA) is 83.0 Å². The van der Waals surface area contributed by atoms with Crippen molar-refractivity contribution in [2.75, 3.05) is 12.8 Å². The van der Waals surface area contributed by atoms with E-state index >= 15 is 0 Å². The third-order valence-electron chi connectivity index (χ3n) is 3.48. The molecule has 0 spiro atoms. The molecule has 0 bridgehead atoms. The van der Waals surface area contributed by atoms with Crippen molar-refractivity contribution in [3.05, 3.63) is 65.9 Å². The molecule has 0 saturated heterocycles. The van der Waals surface area contributed by atoms with E-state index in [9.17, 15) is 4.79 Å². The predicted octanol–water partition coefficient (Wildman–Crippen LogP) is 2.36. The standard InChI is InChI=1S/C17H16N4O2/c1-23-17(22)14-6-2-4-12(8-14)11-21-16(10-19-20-21)13-5-3-7-15(18)9-13/h2-10H,11,18H2,1H3. The number of carbonyl (C=O) groups excluding carboxylic acids is 1. The summed E-state index contributed by atoms with van der Waals surface area (Å²) in [7, 11) is 1.37. The Bertz CT molecular complexity index is 842. The summed E-state index contributed by atoms with van der Waals surface area (Å²) in [6.07, 6.45) is 1.69. The fourth-order valence-corrected chi connectivity index (χ4v) is 2.38. The van der Waals surface area contributed by atoms with E-state index in [2.05, 4.69) is 10.3 Å². The lowest BCUT2D eigenvalue weighted by molar-refractivity contribution is 0.0600. The second-order valence-electron chi connectivity index (χ2n) is 5.09. The van der Waals surface area contributed by atoms with Gasteiger partial charge in [0.15, 0.2) is 0 Å². The molecule has 0 unspecified atom stereocenters. The van der Waals surface area contributed by atoms with Crippen LogP contribution >= 0.6 is 0 Å². The van der Waals surface area contributed by atoms with Gasteiger partial charge in [-0.15, -0.1) is 5.10 Å². The number of benzene rings is 2. The molecule has 2 aromatic carbocycles. The Labute approximate surface area is 133 Å². The molecule has 0 fully saturated rings. The molecule has 116 valence electrons. The van der Waals surface area contributed by atoms with Crippen LogP contribution in [0.4, 0.5) is 5.69 Å². The molecule has 23 heavy (non-hydrogen) atoms. The molecule has 0 aliphatic rings. The van der Waals surface area contributed by atoms with E-state index in [4.69, 9.17) is 10.5 Å². The molecule has 0 amide bonds. The van der Waals surface area contributed by atoms with Crippen molar-refractivity contribution in [3.8, 4) is 11.3 Å². The predicted molar refractivity (Wildman–Crippen MR) is 86.8 cm³/mol. The number of anilines is 1. The molecule has 3 aromatic rings. The van der Waals surface area contributed by atoms with Crippen molar-refractivity contribution < 1.29 is 9.53 Å². The van der Waals surface area contributed by atoms with Gasteiger partial charge in [-0.1, -0.05) is 29.5 Å². The van der Waals surface area contributed by atoms with Crippen molar-refractivity contribution in [1.29, 1.82) is 0 Å². The van der Waals surface area contributed by atoms with Crippen LogP contribution in [0.3, 0.4) is 0 Å². The zero-order valence-electron chi connectivity index (χ0n) is 12.6. The van der Waals surface area contributed by atoms with Gasteiger partial charge in [0.25, 0.3) is 0 Å². The largest absolute Gasteiger partial charge is 0.465 e. The van der Waals surface area contributed by atoms with Gasteiger partial charge in [-0.3, -0.25) is 0 Å². The first-order chi connectivity index (χ1) is 11.2. The summed E-state index contributed by atoms with van der Waals surface area (Å²) >= 11 is 0. The van der Waals surface area contributed by atoms with E-state index in [1.165, 1.54) is 7.11 Å². The van der Waals surface area contributed by atoms with Crippen molar-refractivity contribution in [2.24, 2.45) is 0 Å². The van der Waals surface area contributed by atoms with Gasteiger partial charge in [-0.2, -0.15) is 0 Å². The van der Waals surface area contributed by atoms with E-state index < -0.39 is 0 Å². The summed E-state index contributed by atoms with van der Waals surface area (Å²) in [6.45, 7) is 0.495. The van der Waals surface area contributed by atoms with Gasteiger partial charge in [0, 0.05) is 11.3 Å². The molecule has 0 aliphatic carbocycles. The number of nitrogen functional groups attached to an aromatic ring is 1.